The normalized spacial score (nSPS) is 15.2. The molecule has 1 amide bonds. The summed E-state index contributed by atoms with van der Waals surface area (Å²) in [4.78, 5) is 12.7. The number of carbonyl (C=O) groups excluding carboxylic acids is 1. The van der Waals surface area contributed by atoms with Crippen LogP contribution in [0.25, 0.3) is 17.0 Å². The van der Waals surface area contributed by atoms with Crippen molar-refractivity contribution in [2.24, 2.45) is 0 Å². The number of carbonyl (C=O) groups is 1. The fourth-order valence-corrected chi connectivity index (χ4v) is 3.98. The Morgan fingerprint density at radius 2 is 1.89 bits per heavy atom. The largest absolute Gasteiger partial charge is 0.346 e. The number of aryl methyl sites for hydroxylation is 1. The minimum absolute atomic E-state index is 0.0718. The van der Waals surface area contributed by atoms with Gasteiger partial charge in [-0.3, -0.25) is 4.79 Å². The van der Waals surface area contributed by atoms with Crippen molar-refractivity contribution in [1.82, 2.24) is 9.88 Å². The van der Waals surface area contributed by atoms with E-state index >= 15 is 0 Å². The van der Waals surface area contributed by atoms with E-state index in [9.17, 15) is 4.79 Å². The number of hydrogen-bond acceptors (Lipinski definition) is 2. The second kappa shape index (κ2) is 7.74. The number of nitriles is 1. The Morgan fingerprint density at radius 3 is 2.61 bits per heavy atom. The lowest BCUT2D eigenvalue weighted by Crippen LogP contribution is -2.50. The summed E-state index contributed by atoms with van der Waals surface area (Å²) in [7, 11) is 0. The fourth-order valence-electron chi connectivity index (χ4n) is 3.98. The minimum Gasteiger partial charge on any atom is -0.346 e. The molecule has 0 saturated heterocycles. The maximum atomic E-state index is 12.7. The van der Waals surface area contributed by atoms with Crippen LogP contribution in [0.4, 0.5) is 0 Å². The molecule has 0 unspecified atom stereocenters. The Labute approximate surface area is 165 Å². The first-order valence-electron chi connectivity index (χ1n) is 9.72. The van der Waals surface area contributed by atoms with Crippen molar-refractivity contribution in [3.63, 3.8) is 0 Å². The van der Waals surface area contributed by atoms with Crippen molar-refractivity contribution >= 4 is 22.9 Å². The molecule has 1 fully saturated rings. The Morgan fingerprint density at radius 1 is 1.14 bits per heavy atom. The number of amides is 1. The van der Waals surface area contributed by atoms with Crippen molar-refractivity contribution in [1.29, 1.82) is 5.26 Å². The van der Waals surface area contributed by atoms with Crippen LogP contribution in [0.5, 0.6) is 0 Å². The van der Waals surface area contributed by atoms with E-state index in [-0.39, 0.29) is 11.4 Å². The first kappa shape index (κ1) is 18.1. The average Bonchev–Trinajstić information content (AvgIpc) is 3.06. The minimum atomic E-state index is -0.233. The van der Waals surface area contributed by atoms with Crippen LogP contribution in [0, 0.1) is 11.3 Å². The summed E-state index contributed by atoms with van der Waals surface area (Å²) in [5, 5.41) is 13.2. The smallest absolute Gasteiger partial charge is 0.244 e. The number of para-hydroxylation sites is 1. The van der Waals surface area contributed by atoms with Crippen molar-refractivity contribution < 1.29 is 4.79 Å². The molecule has 0 spiro atoms. The van der Waals surface area contributed by atoms with Gasteiger partial charge in [-0.2, -0.15) is 5.26 Å². The van der Waals surface area contributed by atoms with Crippen LogP contribution in [-0.2, 0) is 16.9 Å². The van der Waals surface area contributed by atoms with Crippen LogP contribution in [-0.4, -0.2) is 10.5 Å². The number of rotatable bonds is 6. The number of nitrogens with one attached hydrogen (secondary N) is 1. The Kier molecular flexibility index (Phi) is 4.99. The van der Waals surface area contributed by atoms with E-state index in [4.69, 9.17) is 5.26 Å². The standard InChI is InChI=1S/C24H23N3O/c25-16-7-17-27-18-19(21-10-4-5-11-22(21)27)12-13-23(28)26-24(14-6-15-24)20-8-2-1-3-9-20/h1-5,8-13,18H,6-7,14-15,17H2,(H,26,28)/b13-12+. The first-order chi connectivity index (χ1) is 13.7. The van der Waals surface area contributed by atoms with Crippen LogP contribution >= 0.6 is 0 Å². The van der Waals surface area contributed by atoms with Crippen LogP contribution in [0.2, 0.25) is 0 Å². The molecule has 0 atom stereocenters. The molecule has 1 N–H and O–H groups in total. The summed E-state index contributed by atoms with van der Waals surface area (Å²) in [6, 6.07) is 20.5. The van der Waals surface area contributed by atoms with E-state index in [0.29, 0.717) is 13.0 Å². The van der Waals surface area contributed by atoms with E-state index in [2.05, 4.69) is 28.1 Å². The molecule has 0 radical (unpaired) electrons. The molecule has 1 aliphatic carbocycles. The zero-order chi connectivity index (χ0) is 19.4. The molecule has 1 aliphatic rings. The number of hydrogen-bond donors (Lipinski definition) is 1. The topological polar surface area (TPSA) is 57.8 Å². The zero-order valence-corrected chi connectivity index (χ0v) is 15.8. The molecule has 1 saturated carbocycles. The second-order valence-corrected chi connectivity index (χ2v) is 7.33. The molecule has 4 nitrogen and oxygen atoms in total. The third kappa shape index (κ3) is 3.44. The summed E-state index contributed by atoms with van der Waals surface area (Å²) >= 11 is 0. The van der Waals surface area contributed by atoms with Gasteiger partial charge in [0, 0.05) is 35.3 Å². The van der Waals surface area contributed by atoms with E-state index in [1.165, 1.54) is 5.56 Å². The van der Waals surface area contributed by atoms with Crippen molar-refractivity contribution in [2.75, 3.05) is 0 Å². The molecule has 0 bridgehead atoms. The van der Waals surface area contributed by atoms with Crippen molar-refractivity contribution in [3.05, 3.63) is 78.0 Å². The molecule has 0 aliphatic heterocycles. The van der Waals surface area contributed by atoms with Gasteiger partial charge in [0.2, 0.25) is 5.91 Å². The van der Waals surface area contributed by atoms with Gasteiger partial charge in [-0.15, -0.1) is 0 Å². The number of nitrogens with zero attached hydrogens (tertiary/aromatic N) is 2. The van der Waals surface area contributed by atoms with Gasteiger partial charge in [-0.25, -0.2) is 0 Å². The lowest BCUT2D eigenvalue weighted by atomic mass is 9.72. The number of fused-ring (bicyclic) bond motifs is 1. The lowest BCUT2D eigenvalue weighted by Gasteiger charge is -2.42. The second-order valence-electron chi connectivity index (χ2n) is 7.33. The molecule has 140 valence electrons. The Bertz CT molecular complexity index is 1050. The summed E-state index contributed by atoms with van der Waals surface area (Å²) in [6.45, 7) is 0.647. The first-order valence-corrected chi connectivity index (χ1v) is 9.72. The molecule has 1 heterocycles. The van der Waals surface area contributed by atoms with Gasteiger partial charge in [0.25, 0.3) is 0 Å². The number of aromatic nitrogens is 1. The molecular formula is C24H23N3O. The highest BCUT2D eigenvalue weighted by molar-refractivity contribution is 5.96. The molecule has 28 heavy (non-hydrogen) atoms. The third-order valence-corrected chi connectivity index (χ3v) is 5.59. The van der Waals surface area contributed by atoms with Crippen molar-refractivity contribution in [2.45, 2.75) is 37.8 Å². The van der Waals surface area contributed by atoms with E-state index in [1.54, 1.807) is 6.08 Å². The van der Waals surface area contributed by atoms with E-state index < -0.39 is 0 Å². The highest BCUT2D eigenvalue weighted by Gasteiger charge is 2.39. The predicted molar refractivity (Wildman–Crippen MR) is 111 cm³/mol. The van der Waals surface area contributed by atoms with E-state index in [1.807, 2.05) is 54.7 Å². The quantitative estimate of drug-likeness (QED) is 0.637. The zero-order valence-electron chi connectivity index (χ0n) is 15.8. The molecule has 4 rings (SSSR count). The maximum absolute atomic E-state index is 12.7. The van der Waals surface area contributed by atoms with E-state index in [0.717, 1.165) is 35.7 Å². The maximum Gasteiger partial charge on any atom is 0.244 e. The molecule has 4 heteroatoms. The lowest BCUT2D eigenvalue weighted by molar-refractivity contribution is -0.119. The highest BCUT2D eigenvalue weighted by Crippen LogP contribution is 2.41. The fraction of sp³-hybridized carbons (Fsp3) is 0.250. The summed E-state index contributed by atoms with van der Waals surface area (Å²) in [5.74, 6) is -0.0718. The van der Waals surface area contributed by atoms with Gasteiger partial charge in [0.05, 0.1) is 18.0 Å². The molecule has 1 aromatic heterocycles. The Balaban J connectivity index is 1.54. The third-order valence-electron chi connectivity index (χ3n) is 5.59. The SMILES string of the molecule is N#CCCn1cc(/C=C/C(=O)NC2(c3ccccc3)CCC2)c2ccccc21. The van der Waals surface area contributed by atoms with Gasteiger partial charge in [-0.05, 0) is 37.0 Å². The van der Waals surface area contributed by atoms with Crippen LogP contribution in [0.3, 0.4) is 0 Å². The molecule has 2 aromatic carbocycles. The monoisotopic (exact) mass is 369 g/mol. The van der Waals surface area contributed by atoms with Crippen LogP contribution < -0.4 is 5.32 Å². The predicted octanol–water partition coefficient (Wildman–Crippen LogP) is 4.76. The van der Waals surface area contributed by atoms with Crippen LogP contribution in [0.15, 0.2) is 66.9 Å². The van der Waals surface area contributed by atoms with Crippen molar-refractivity contribution in [3.8, 4) is 6.07 Å². The number of benzene rings is 2. The molecule has 3 aromatic rings. The Hall–Kier alpha value is -3.32. The highest BCUT2D eigenvalue weighted by atomic mass is 16.1. The van der Waals surface area contributed by atoms with Crippen LogP contribution in [0.1, 0.15) is 36.8 Å². The van der Waals surface area contributed by atoms with Gasteiger partial charge < -0.3 is 9.88 Å². The summed E-state index contributed by atoms with van der Waals surface area (Å²) in [5.41, 5.74) is 3.02. The van der Waals surface area contributed by atoms with Gasteiger partial charge in [0.1, 0.15) is 0 Å². The summed E-state index contributed by atoms with van der Waals surface area (Å²) < 4.78 is 2.08. The molecular weight excluding hydrogens is 346 g/mol. The van der Waals surface area contributed by atoms with Gasteiger partial charge in [-0.1, -0.05) is 48.5 Å². The summed E-state index contributed by atoms with van der Waals surface area (Å²) in [6.07, 6.45) is 9.06. The average molecular weight is 369 g/mol. The van der Waals surface area contributed by atoms with Gasteiger partial charge >= 0.3 is 0 Å². The van der Waals surface area contributed by atoms with Gasteiger partial charge in [0.15, 0.2) is 0 Å².